The minimum Gasteiger partial charge on any atom is -0.371 e. The van der Waals surface area contributed by atoms with Crippen LogP contribution in [0.25, 0.3) is 0 Å². The lowest BCUT2D eigenvalue weighted by Crippen LogP contribution is -2.19. The number of nitrogens with one attached hydrogen (secondary N) is 1. The van der Waals surface area contributed by atoms with Crippen molar-refractivity contribution in [3.63, 3.8) is 0 Å². The Morgan fingerprint density at radius 1 is 1.43 bits per heavy atom. The molecular formula is C12H18N2. The van der Waals surface area contributed by atoms with Gasteiger partial charge in [0.05, 0.1) is 0 Å². The molecular weight excluding hydrogens is 172 g/mol. The molecule has 1 heterocycles. The van der Waals surface area contributed by atoms with E-state index in [2.05, 4.69) is 35.3 Å². The quantitative estimate of drug-likeness (QED) is 0.781. The van der Waals surface area contributed by atoms with Crippen LogP contribution in [0.5, 0.6) is 0 Å². The molecule has 0 spiro atoms. The number of fused-ring (bicyclic) bond motifs is 1. The van der Waals surface area contributed by atoms with E-state index >= 15 is 0 Å². The topological polar surface area (TPSA) is 15.3 Å². The van der Waals surface area contributed by atoms with Crippen LogP contribution in [0, 0.1) is 0 Å². The summed E-state index contributed by atoms with van der Waals surface area (Å²) in [6.45, 7) is 5.50. The van der Waals surface area contributed by atoms with Gasteiger partial charge in [-0.05, 0) is 37.6 Å². The fraction of sp³-hybridized carbons (Fsp3) is 0.500. The van der Waals surface area contributed by atoms with Gasteiger partial charge in [0.2, 0.25) is 0 Å². The second-order valence-corrected chi connectivity index (χ2v) is 3.82. The van der Waals surface area contributed by atoms with Crippen LogP contribution >= 0.6 is 0 Å². The number of likely N-dealkylation sites (N-methyl/N-ethyl adjacent to an activating group) is 1. The SMILES string of the molecule is CCN1CCc2ccc(CNC)cc21. The standard InChI is InChI=1S/C12H18N2/c1-3-14-7-6-11-5-4-10(9-13-2)8-12(11)14/h4-5,8,13H,3,6-7,9H2,1-2H3. The smallest absolute Gasteiger partial charge is 0.0402 e. The van der Waals surface area contributed by atoms with E-state index in [0.717, 1.165) is 13.1 Å². The van der Waals surface area contributed by atoms with Crippen LogP contribution < -0.4 is 10.2 Å². The molecule has 1 aliphatic rings. The monoisotopic (exact) mass is 190 g/mol. The second kappa shape index (κ2) is 4.01. The maximum atomic E-state index is 3.19. The van der Waals surface area contributed by atoms with E-state index in [9.17, 15) is 0 Å². The van der Waals surface area contributed by atoms with Gasteiger partial charge in [0.1, 0.15) is 0 Å². The lowest BCUT2D eigenvalue weighted by atomic mass is 10.1. The fourth-order valence-corrected chi connectivity index (χ4v) is 2.13. The molecule has 1 aliphatic heterocycles. The minimum absolute atomic E-state index is 0.963. The first-order chi connectivity index (χ1) is 6.85. The maximum absolute atomic E-state index is 3.19. The summed E-state index contributed by atoms with van der Waals surface area (Å²) < 4.78 is 0. The van der Waals surface area contributed by atoms with Crippen molar-refractivity contribution in [1.29, 1.82) is 0 Å². The summed E-state index contributed by atoms with van der Waals surface area (Å²) in [5.74, 6) is 0. The molecule has 1 aromatic carbocycles. The average molecular weight is 190 g/mol. The summed E-state index contributed by atoms with van der Waals surface area (Å²) in [5, 5.41) is 3.19. The summed E-state index contributed by atoms with van der Waals surface area (Å²) in [5.41, 5.74) is 4.33. The van der Waals surface area contributed by atoms with Crippen molar-refractivity contribution in [2.45, 2.75) is 19.9 Å². The first kappa shape index (κ1) is 9.53. The highest BCUT2D eigenvalue weighted by atomic mass is 15.1. The second-order valence-electron chi connectivity index (χ2n) is 3.82. The molecule has 2 rings (SSSR count). The number of hydrogen-bond donors (Lipinski definition) is 1. The number of benzene rings is 1. The molecule has 14 heavy (non-hydrogen) atoms. The van der Waals surface area contributed by atoms with Crippen molar-refractivity contribution >= 4 is 5.69 Å². The molecule has 0 amide bonds. The molecule has 76 valence electrons. The van der Waals surface area contributed by atoms with Crippen molar-refractivity contribution in [3.05, 3.63) is 29.3 Å². The van der Waals surface area contributed by atoms with Gasteiger partial charge in [-0.15, -0.1) is 0 Å². The number of anilines is 1. The van der Waals surface area contributed by atoms with Gasteiger partial charge in [-0.25, -0.2) is 0 Å². The molecule has 1 aromatic rings. The molecule has 0 aromatic heterocycles. The normalized spacial score (nSPS) is 14.6. The highest BCUT2D eigenvalue weighted by Gasteiger charge is 2.17. The lowest BCUT2D eigenvalue weighted by Gasteiger charge is -2.17. The van der Waals surface area contributed by atoms with Gasteiger partial charge >= 0.3 is 0 Å². The number of nitrogens with zero attached hydrogens (tertiary/aromatic N) is 1. The third kappa shape index (κ3) is 1.62. The predicted octanol–water partition coefficient (Wildman–Crippen LogP) is 1.79. The highest BCUT2D eigenvalue weighted by Crippen LogP contribution is 2.28. The van der Waals surface area contributed by atoms with Gasteiger partial charge in [-0.3, -0.25) is 0 Å². The van der Waals surface area contributed by atoms with Crippen LogP contribution in [0.3, 0.4) is 0 Å². The zero-order valence-corrected chi connectivity index (χ0v) is 9.01. The van der Waals surface area contributed by atoms with Gasteiger partial charge in [0.25, 0.3) is 0 Å². The molecule has 0 aliphatic carbocycles. The number of rotatable bonds is 3. The van der Waals surface area contributed by atoms with Crippen molar-refractivity contribution in [2.24, 2.45) is 0 Å². The van der Waals surface area contributed by atoms with Crippen LogP contribution in [0.4, 0.5) is 5.69 Å². The van der Waals surface area contributed by atoms with E-state index in [1.807, 2.05) is 7.05 Å². The summed E-state index contributed by atoms with van der Waals surface area (Å²) in [4.78, 5) is 2.45. The molecule has 2 nitrogen and oxygen atoms in total. The molecule has 0 bridgehead atoms. The minimum atomic E-state index is 0.963. The fourth-order valence-electron chi connectivity index (χ4n) is 2.13. The summed E-state index contributed by atoms with van der Waals surface area (Å²) in [6, 6.07) is 6.83. The van der Waals surface area contributed by atoms with Gasteiger partial charge < -0.3 is 10.2 Å². The Balaban J connectivity index is 2.28. The summed E-state index contributed by atoms with van der Waals surface area (Å²) in [6.07, 6.45) is 1.21. The van der Waals surface area contributed by atoms with Gasteiger partial charge in [-0.2, -0.15) is 0 Å². The van der Waals surface area contributed by atoms with Crippen LogP contribution in [-0.2, 0) is 13.0 Å². The Bertz CT molecular complexity index is 320. The molecule has 2 heteroatoms. The zero-order chi connectivity index (χ0) is 9.97. The third-order valence-electron chi connectivity index (χ3n) is 2.90. The van der Waals surface area contributed by atoms with E-state index < -0.39 is 0 Å². The highest BCUT2D eigenvalue weighted by molar-refractivity contribution is 5.59. The van der Waals surface area contributed by atoms with E-state index in [1.165, 1.54) is 29.8 Å². The van der Waals surface area contributed by atoms with E-state index in [4.69, 9.17) is 0 Å². The van der Waals surface area contributed by atoms with Gasteiger partial charge in [0.15, 0.2) is 0 Å². The predicted molar refractivity (Wildman–Crippen MR) is 60.8 cm³/mol. The molecule has 0 fully saturated rings. The largest absolute Gasteiger partial charge is 0.371 e. The molecule has 0 saturated carbocycles. The maximum Gasteiger partial charge on any atom is 0.0402 e. The Morgan fingerprint density at radius 3 is 3.00 bits per heavy atom. The van der Waals surface area contributed by atoms with Crippen LogP contribution in [0.2, 0.25) is 0 Å². The van der Waals surface area contributed by atoms with Crippen molar-refractivity contribution in [3.8, 4) is 0 Å². The first-order valence-electron chi connectivity index (χ1n) is 5.36. The molecule has 0 radical (unpaired) electrons. The van der Waals surface area contributed by atoms with Gasteiger partial charge in [-0.1, -0.05) is 12.1 Å². The van der Waals surface area contributed by atoms with Crippen LogP contribution in [-0.4, -0.2) is 20.1 Å². The van der Waals surface area contributed by atoms with Crippen molar-refractivity contribution in [1.82, 2.24) is 5.32 Å². The van der Waals surface area contributed by atoms with E-state index in [1.54, 1.807) is 0 Å². The summed E-state index contributed by atoms with van der Waals surface area (Å²) >= 11 is 0. The first-order valence-corrected chi connectivity index (χ1v) is 5.36. The van der Waals surface area contributed by atoms with Crippen LogP contribution in [0.1, 0.15) is 18.1 Å². The number of hydrogen-bond acceptors (Lipinski definition) is 2. The molecule has 0 saturated heterocycles. The van der Waals surface area contributed by atoms with E-state index in [0.29, 0.717) is 0 Å². The molecule has 1 N–H and O–H groups in total. The Kier molecular flexibility index (Phi) is 2.73. The lowest BCUT2D eigenvalue weighted by molar-refractivity contribution is 0.816. The molecule has 0 unspecified atom stereocenters. The van der Waals surface area contributed by atoms with Gasteiger partial charge in [0, 0.05) is 25.3 Å². The van der Waals surface area contributed by atoms with E-state index in [-0.39, 0.29) is 0 Å². The Labute approximate surface area is 85.9 Å². The van der Waals surface area contributed by atoms with Crippen molar-refractivity contribution in [2.75, 3.05) is 25.0 Å². The third-order valence-corrected chi connectivity index (χ3v) is 2.90. The summed E-state index contributed by atoms with van der Waals surface area (Å²) in [7, 11) is 1.99. The Hall–Kier alpha value is -1.02. The zero-order valence-electron chi connectivity index (χ0n) is 9.01. The van der Waals surface area contributed by atoms with Crippen LogP contribution in [0.15, 0.2) is 18.2 Å². The van der Waals surface area contributed by atoms with Crippen molar-refractivity contribution < 1.29 is 0 Å². The molecule has 0 atom stereocenters. The average Bonchev–Trinajstić information content (AvgIpc) is 2.60. The Morgan fingerprint density at radius 2 is 2.29 bits per heavy atom.